The summed E-state index contributed by atoms with van der Waals surface area (Å²) in [4.78, 5) is 23.4. The molecule has 0 radical (unpaired) electrons. The summed E-state index contributed by atoms with van der Waals surface area (Å²) in [6, 6.07) is 10.6. The Morgan fingerprint density at radius 3 is 2.52 bits per heavy atom. The van der Waals surface area contributed by atoms with Gasteiger partial charge in [-0.1, -0.05) is 23.4 Å². The van der Waals surface area contributed by atoms with E-state index in [9.17, 15) is 9.59 Å². The number of aromatic nitrogens is 1. The zero-order valence-electron chi connectivity index (χ0n) is 11.8. The van der Waals surface area contributed by atoms with Crippen LogP contribution in [-0.2, 0) is 11.2 Å². The molecule has 0 aliphatic heterocycles. The topological polar surface area (TPSA) is 84.2 Å². The van der Waals surface area contributed by atoms with Gasteiger partial charge in [-0.15, -0.1) is 0 Å². The molecule has 1 aromatic carbocycles. The van der Waals surface area contributed by atoms with Gasteiger partial charge in [0.15, 0.2) is 0 Å². The van der Waals surface area contributed by atoms with Crippen LogP contribution in [0.2, 0.25) is 0 Å². The Bertz CT molecular complexity index is 608. The average molecular weight is 287 g/mol. The molecule has 6 heteroatoms. The van der Waals surface area contributed by atoms with Gasteiger partial charge in [-0.25, -0.2) is 0 Å². The van der Waals surface area contributed by atoms with Gasteiger partial charge in [-0.3, -0.25) is 9.59 Å². The number of rotatable bonds is 6. The summed E-state index contributed by atoms with van der Waals surface area (Å²) in [7, 11) is 0. The van der Waals surface area contributed by atoms with E-state index in [-0.39, 0.29) is 18.2 Å². The maximum atomic E-state index is 11.7. The lowest BCUT2D eigenvalue weighted by Gasteiger charge is -2.06. The highest BCUT2D eigenvalue weighted by Gasteiger charge is 2.07. The van der Waals surface area contributed by atoms with Crippen molar-refractivity contribution in [3.05, 3.63) is 53.4 Å². The molecule has 6 nitrogen and oxygen atoms in total. The molecule has 0 bridgehead atoms. The van der Waals surface area contributed by atoms with Crippen molar-refractivity contribution >= 4 is 11.8 Å². The first-order valence-corrected chi connectivity index (χ1v) is 6.67. The molecule has 21 heavy (non-hydrogen) atoms. The molecule has 1 heterocycles. The number of nitrogens with zero attached hydrogens (tertiary/aromatic N) is 1. The molecule has 2 aromatic rings. The molecule has 0 saturated heterocycles. The van der Waals surface area contributed by atoms with Crippen LogP contribution >= 0.6 is 0 Å². The predicted octanol–water partition coefficient (Wildman–Crippen LogP) is 1.07. The number of nitrogens with one attached hydrogen (secondary N) is 2. The van der Waals surface area contributed by atoms with Gasteiger partial charge >= 0.3 is 0 Å². The minimum absolute atomic E-state index is 0.155. The summed E-state index contributed by atoms with van der Waals surface area (Å²) < 4.78 is 4.88. The van der Waals surface area contributed by atoms with Gasteiger partial charge in [0, 0.05) is 24.7 Å². The van der Waals surface area contributed by atoms with Gasteiger partial charge in [0.1, 0.15) is 5.76 Å². The van der Waals surface area contributed by atoms with E-state index in [2.05, 4.69) is 15.8 Å². The maximum Gasteiger partial charge on any atom is 0.251 e. The number of hydrogen-bond acceptors (Lipinski definition) is 4. The van der Waals surface area contributed by atoms with Crippen molar-refractivity contribution < 1.29 is 14.1 Å². The van der Waals surface area contributed by atoms with Crippen LogP contribution in [-0.4, -0.2) is 30.1 Å². The Balaban J connectivity index is 1.65. The first-order valence-electron chi connectivity index (χ1n) is 6.67. The van der Waals surface area contributed by atoms with Gasteiger partial charge in [-0.2, -0.15) is 0 Å². The normalized spacial score (nSPS) is 10.1. The Labute approximate surface area is 122 Å². The van der Waals surface area contributed by atoms with Crippen LogP contribution in [0, 0.1) is 6.92 Å². The monoisotopic (exact) mass is 287 g/mol. The van der Waals surface area contributed by atoms with Gasteiger partial charge in [0.25, 0.3) is 5.91 Å². The van der Waals surface area contributed by atoms with Gasteiger partial charge < -0.3 is 15.2 Å². The van der Waals surface area contributed by atoms with Crippen molar-refractivity contribution in [2.24, 2.45) is 0 Å². The molecule has 2 rings (SSSR count). The van der Waals surface area contributed by atoms with Crippen LogP contribution < -0.4 is 10.6 Å². The van der Waals surface area contributed by atoms with Crippen LogP contribution in [0.1, 0.15) is 21.8 Å². The first kappa shape index (κ1) is 14.8. The molecule has 2 amide bonds. The van der Waals surface area contributed by atoms with Crippen LogP contribution in [0.15, 0.2) is 40.9 Å². The minimum atomic E-state index is -0.156. The lowest BCUT2D eigenvalue weighted by atomic mass is 10.2. The number of amides is 2. The molecular weight excluding hydrogens is 270 g/mol. The summed E-state index contributed by atoms with van der Waals surface area (Å²) in [5, 5.41) is 9.19. The molecule has 0 aliphatic rings. The third kappa shape index (κ3) is 4.76. The van der Waals surface area contributed by atoms with Crippen molar-refractivity contribution in [1.29, 1.82) is 0 Å². The number of benzene rings is 1. The highest BCUT2D eigenvalue weighted by atomic mass is 16.5. The molecule has 0 aliphatic carbocycles. The third-order valence-corrected chi connectivity index (χ3v) is 2.79. The third-order valence-electron chi connectivity index (χ3n) is 2.79. The fraction of sp³-hybridized carbons (Fsp3) is 0.267. The van der Waals surface area contributed by atoms with E-state index in [0.29, 0.717) is 30.1 Å². The maximum absolute atomic E-state index is 11.7. The molecule has 0 unspecified atom stereocenters. The Kier molecular flexibility index (Phi) is 5.09. The molecule has 0 fully saturated rings. The second kappa shape index (κ2) is 7.23. The van der Waals surface area contributed by atoms with E-state index in [1.54, 1.807) is 37.3 Å². The van der Waals surface area contributed by atoms with Crippen molar-refractivity contribution in [3.63, 3.8) is 0 Å². The van der Waals surface area contributed by atoms with E-state index in [4.69, 9.17) is 4.52 Å². The summed E-state index contributed by atoms with van der Waals surface area (Å²) in [5.74, 6) is 0.363. The Morgan fingerprint density at radius 2 is 1.86 bits per heavy atom. The van der Waals surface area contributed by atoms with E-state index in [1.807, 2.05) is 6.07 Å². The minimum Gasteiger partial charge on any atom is -0.361 e. The Morgan fingerprint density at radius 1 is 1.14 bits per heavy atom. The fourth-order valence-corrected chi connectivity index (χ4v) is 1.80. The fourth-order valence-electron chi connectivity index (χ4n) is 1.80. The zero-order valence-corrected chi connectivity index (χ0v) is 11.8. The second-order valence-electron chi connectivity index (χ2n) is 4.58. The van der Waals surface area contributed by atoms with Crippen molar-refractivity contribution in [2.45, 2.75) is 13.3 Å². The molecule has 2 N–H and O–H groups in total. The molecule has 0 atom stereocenters. The highest BCUT2D eigenvalue weighted by molar-refractivity contribution is 5.94. The smallest absolute Gasteiger partial charge is 0.251 e. The highest BCUT2D eigenvalue weighted by Crippen LogP contribution is 2.01. The van der Waals surface area contributed by atoms with Crippen molar-refractivity contribution in [1.82, 2.24) is 15.8 Å². The van der Waals surface area contributed by atoms with Crippen molar-refractivity contribution in [3.8, 4) is 0 Å². The quantitative estimate of drug-likeness (QED) is 0.778. The van der Waals surface area contributed by atoms with Gasteiger partial charge in [0.05, 0.1) is 12.1 Å². The van der Waals surface area contributed by atoms with Crippen LogP contribution in [0.4, 0.5) is 0 Å². The number of carbonyl (C=O) groups is 2. The molecule has 1 aromatic heterocycles. The van der Waals surface area contributed by atoms with Gasteiger partial charge in [0.2, 0.25) is 5.91 Å². The Hall–Kier alpha value is -2.63. The van der Waals surface area contributed by atoms with E-state index < -0.39 is 0 Å². The average Bonchev–Trinajstić information content (AvgIpc) is 2.89. The largest absolute Gasteiger partial charge is 0.361 e. The first-order chi connectivity index (χ1) is 10.1. The molecule has 0 saturated carbocycles. The number of carbonyl (C=O) groups excluding carboxylic acids is 2. The number of aryl methyl sites for hydroxylation is 1. The summed E-state index contributed by atoms with van der Waals surface area (Å²) in [5.41, 5.74) is 1.19. The molecule has 110 valence electrons. The van der Waals surface area contributed by atoms with E-state index in [1.165, 1.54) is 0 Å². The number of hydrogen-bond donors (Lipinski definition) is 2. The van der Waals surface area contributed by atoms with Crippen LogP contribution in [0.25, 0.3) is 0 Å². The lowest BCUT2D eigenvalue weighted by Crippen LogP contribution is -2.35. The van der Waals surface area contributed by atoms with E-state index >= 15 is 0 Å². The van der Waals surface area contributed by atoms with Crippen LogP contribution in [0.5, 0.6) is 0 Å². The predicted molar refractivity (Wildman–Crippen MR) is 76.7 cm³/mol. The second-order valence-corrected chi connectivity index (χ2v) is 4.58. The summed E-state index contributed by atoms with van der Waals surface area (Å²) in [6.07, 6.45) is 0.171. The SMILES string of the molecule is Cc1cc(CC(=O)NCCNC(=O)c2ccccc2)no1. The van der Waals surface area contributed by atoms with Crippen LogP contribution in [0.3, 0.4) is 0 Å². The van der Waals surface area contributed by atoms with Crippen molar-refractivity contribution in [2.75, 3.05) is 13.1 Å². The molecule has 0 spiro atoms. The summed E-state index contributed by atoms with van der Waals surface area (Å²) in [6.45, 7) is 2.51. The molecular formula is C15H17N3O3. The standard InChI is InChI=1S/C15H17N3O3/c1-11-9-13(18-21-11)10-14(19)16-7-8-17-15(20)12-5-3-2-4-6-12/h2-6,9H,7-8,10H2,1H3,(H,16,19)(H,17,20). The lowest BCUT2D eigenvalue weighted by molar-refractivity contribution is -0.120. The van der Waals surface area contributed by atoms with Gasteiger partial charge in [-0.05, 0) is 19.1 Å². The van der Waals surface area contributed by atoms with E-state index in [0.717, 1.165) is 0 Å². The zero-order chi connectivity index (χ0) is 15.1. The summed E-state index contributed by atoms with van der Waals surface area (Å²) >= 11 is 0.